The van der Waals surface area contributed by atoms with Crippen molar-refractivity contribution in [3.8, 4) is 0 Å². The molecule has 1 aliphatic heterocycles. The molecule has 1 aromatic carbocycles. The van der Waals surface area contributed by atoms with E-state index in [1.807, 2.05) is 24.3 Å². The summed E-state index contributed by atoms with van der Waals surface area (Å²) in [5.41, 5.74) is 0.581. The van der Waals surface area contributed by atoms with Gasteiger partial charge in [-0.3, -0.25) is 15.0 Å². The van der Waals surface area contributed by atoms with Crippen molar-refractivity contribution in [3.63, 3.8) is 0 Å². The van der Waals surface area contributed by atoms with Gasteiger partial charge in [0.05, 0.1) is 18.1 Å². The molecule has 27 heavy (non-hydrogen) atoms. The van der Waals surface area contributed by atoms with Crippen LogP contribution >= 0.6 is 22.6 Å². The molecular weight excluding hydrogens is 463 g/mol. The molecule has 2 aromatic rings. The topological polar surface area (TPSA) is 105 Å². The molecule has 1 saturated heterocycles. The molecule has 0 amide bonds. The molecule has 1 aliphatic rings. The van der Waals surface area contributed by atoms with Gasteiger partial charge in [0.1, 0.15) is 6.33 Å². The molecule has 0 bridgehead atoms. The summed E-state index contributed by atoms with van der Waals surface area (Å²) in [6.07, 6.45) is 2.19. The number of benzene rings is 1. The second kappa shape index (κ2) is 9.76. The Bertz CT molecular complexity index is 768. The minimum atomic E-state index is -0.459. The maximum Gasteiger partial charge on any atom is 0.353 e. The summed E-state index contributed by atoms with van der Waals surface area (Å²) in [6, 6.07) is 7.54. The van der Waals surface area contributed by atoms with Crippen LogP contribution in [0.5, 0.6) is 0 Å². The number of morpholine rings is 1. The zero-order chi connectivity index (χ0) is 19.1. The maximum absolute atomic E-state index is 11.6. The molecule has 2 N–H and O–H groups in total. The number of nitro groups is 1. The van der Waals surface area contributed by atoms with E-state index in [0.717, 1.165) is 48.5 Å². The zero-order valence-electron chi connectivity index (χ0n) is 14.7. The molecule has 2 heterocycles. The Labute approximate surface area is 170 Å². The molecule has 0 spiro atoms. The maximum atomic E-state index is 11.6. The number of halogens is 1. The molecular formula is C17H21IN6O3. The van der Waals surface area contributed by atoms with E-state index in [9.17, 15) is 10.1 Å². The van der Waals surface area contributed by atoms with Crippen molar-refractivity contribution in [3.05, 3.63) is 44.3 Å². The van der Waals surface area contributed by atoms with E-state index in [1.54, 1.807) is 0 Å². The van der Waals surface area contributed by atoms with Crippen LogP contribution in [0.1, 0.15) is 6.42 Å². The summed E-state index contributed by atoms with van der Waals surface area (Å²) in [4.78, 5) is 21.6. The number of hydrogen-bond acceptors (Lipinski definition) is 8. The number of aromatic nitrogens is 2. The number of nitrogens with one attached hydrogen (secondary N) is 2. The second-order valence-corrected chi connectivity index (χ2v) is 7.29. The van der Waals surface area contributed by atoms with Gasteiger partial charge in [-0.25, -0.2) is 9.97 Å². The number of ether oxygens (including phenoxy) is 1. The molecule has 3 rings (SSSR count). The van der Waals surface area contributed by atoms with Gasteiger partial charge < -0.3 is 15.4 Å². The Morgan fingerprint density at radius 1 is 1.19 bits per heavy atom. The van der Waals surface area contributed by atoms with E-state index in [4.69, 9.17) is 4.74 Å². The molecule has 0 unspecified atom stereocenters. The fraction of sp³-hybridized carbons (Fsp3) is 0.412. The number of rotatable bonds is 8. The predicted octanol–water partition coefficient (Wildman–Crippen LogP) is 2.87. The van der Waals surface area contributed by atoms with E-state index in [1.165, 1.54) is 6.33 Å². The van der Waals surface area contributed by atoms with Crippen molar-refractivity contribution in [1.82, 2.24) is 14.9 Å². The number of anilines is 3. The zero-order valence-corrected chi connectivity index (χ0v) is 16.9. The van der Waals surface area contributed by atoms with Gasteiger partial charge in [-0.15, -0.1) is 0 Å². The van der Waals surface area contributed by atoms with Gasteiger partial charge in [-0.1, -0.05) is 0 Å². The van der Waals surface area contributed by atoms with Crippen molar-refractivity contribution in [1.29, 1.82) is 0 Å². The molecule has 1 aromatic heterocycles. The summed E-state index contributed by atoms with van der Waals surface area (Å²) >= 11 is 2.20. The average molecular weight is 484 g/mol. The standard InChI is InChI=1S/C17H21IN6O3/c18-13-2-4-14(5-3-13)22-17-15(24(25)26)16(20-12-21-17)19-6-1-7-23-8-10-27-11-9-23/h2-5,12H,1,6-11H2,(H2,19,20,21,22). The highest BCUT2D eigenvalue weighted by Crippen LogP contribution is 2.31. The summed E-state index contributed by atoms with van der Waals surface area (Å²) in [5, 5.41) is 17.7. The van der Waals surface area contributed by atoms with E-state index in [-0.39, 0.29) is 17.3 Å². The van der Waals surface area contributed by atoms with Gasteiger partial charge in [0.15, 0.2) is 0 Å². The summed E-state index contributed by atoms with van der Waals surface area (Å²) < 4.78 is 6.41. The van der Waals surface area contributed by atoms with Crippen LogP contribution in [-0.2, 0) is 4.74 Å². The van der Waals surface area contributed by atoms with Crippen molar-refractivity contribution in [2.75, 3.05) is 50.0 Å². The quantitative estimate of drug-likeness (QED) is 0.255. The first-order chi connectivity index (χ1) is 13.1. The molecule has 0 radical (unpaired) electrons. The Morgan fingerprint density at radius 2 is 1.89 bits per heavy atom. The third-order valence-electron chi connectivity index (χ3n) is 4.16. The highest BCUT2D eigenvalue weighted by Gasteiger charge is 2.23. The molecule has 0 aliphatic carbocycles. The average Bonchev–Trinajstić information content (AvgIpc) is 2.68. The first kappa shape index (κ1) is 19.7. The van der Waals surface area contributed by atoms with Crippen LogP contribution in [0.2, 0.25) is 0 Å². The number of hydrogen-bond donors (Lipinski definition) is 2. The van der Waals surface area contributed by atoms with Crippen LogP contribution in [0.4, 0.5) is 23.0 Å². The Kier molecular flexibility index (Phi) is 7.12. The van der Waals surface area contributed by atoms with E-state index < -0.39 is 4.92 Å². The highest BCUT2D eigenvalue weighted by atomic mass is 127. The van der Waals surface area contributed by atoms with Gasteiger partial charge in [-0.05, 0) is 59.8 Å². The van der Waals surface area contributed by atoms with E-state index in [0.29, 0.717) is 6.54 Å². The lowest BCUT2D eigenvalue weighted by atomic mass is 10.3. The summed E-state index contributed by atoms with van der Waals surface area (Å²) in [5.74, 6) is 0.400. The fourth-order valence-electron chi connectivity index (χ4n) is 2.78. The smallest absolute Gasteiger partial charge is 0.353 e. The first-order valence-corrected chi connectivity index (χ1v) is 9.77. The third kappa shape index (κ3) is 5.71. The first-order valence-electron chi connectivity index (χ1n) is 8.69. The van der Waals surface area contributed by atoms with Crippen LogP contribution in [0.3, 0.4) is 0 Å². The van der Waals surface area contributed by atoms with Crippen LogP contribution in [-0.4, -0.2) is 59.2 Å². The van der Waals surface area contributed by atoms with Crippen molar-refractivity contribution < 1.29 is 9.66 Å². The van der Waals surface area contributed by atoms with Crippen molar-refractivity contribution in [2.45, 2.75) is 6.42 Å². The Morgan fingerprint density at radius 3 is 2.59 bits per heavy atom. The summed E-state index contributed by atoms with van der Waals surface area (Å²) in [6.45, 7) is 4.90. The van der Waals surface area contributed by atoms with Crippen LogP contribution in [0, 0.1) is 13.7 Å². The third-order valence-corrected chi connectivity index (χ3v) is 4.88. The van der Waals surface area contributed by atoms with Gasteiger partial charge in [0.2, 0.25) is 11.6 Å². The lowest BCUT2D eigenvalue weighted by Gasteiger charge is -2.26. The Hall–Kier alpha value is -2.05. The van der Waals surface area contributed by atoms with Gasteiger partial charge in [0, 0.05) is 28.9 Å². The lowest BCUT2D eigenvalue weighted by molar-refractivity contribution is -0.383. The van der Waals surface area contributed by atoms with E-state index >= 15 is 0 Å². The van der Waals surface area contributed by atoms with Crippen molar-refractivity contribution >= 4 is 45.6 Å². The number of nitrogens with zero attached hydrogens (tertiary/aromatic N) is 4. The molecule has 144 valence electrons. The monoisotopic (exact) mass is 484 g/mol. The van der Waals surface area contributed by atoms with Gasteiger partial charge >= 0.3 is 5.69 Å². The SMILES string of the molecule is O=[N+]([O-])c1c(NCCCN2CCOCC2)ncnc1Nc1ccc(I)cc1. The normalized spacial score (nSPS) is 14.7. The molecule has 0 saturated carbocycles. The van der Waals surface area contributed by atoms with Crippen molar-refractivity contribution in [2.24, 2.45) is 0 Å². The lowest BCUT2D eigenvalue weighted by Crippen LogP contribution is -2.37. The van der Waals surface area contributed by atoms with Gasteiger partial charge in [-0.2, -0.15) is 0 Å². The largest absolute Gasteiger partial charge is 0.379 e. The molecule has 9 nitrogen and oxygen atoms in total. The van der Waals surface area contributed by atoms with Gasteiger partial charge in [0.25, 0.3) is 0 Å². The fourth-order valence-corrected chi connectivity index (χ4v) is 3.14. The highest BCUT2D eigenvalue weighted by molar-refractivity contribution is 14.1. The minimum Gasteiger partial charge on any atom is -0.379 e. The van der Waals surface area contributed by atoms with Crippen LogP contribution in [0.15, 0.2) is 30.6 Å². The summed E-state index contributed by atoms with van der Waals surface area (Å²) in [7, 11) is 0. The minimum absolute atomic E-state index is 0.151. The van der Waals surface area contributed by atoms with Crippen LogP contribution < -0.4 is 10.6 Å². The second-order valence-electron chi connectivity index (χ2n) is 6.04. The Balaban J connectivity index is 1.63. The van der Waals surface area contributed by atoms with E-state index in [2.05, 4.69) is 48.1 Å². The molecule has 10 heteroatoms. The van der Waals surface area contributed by atoms with Crippen LogP contribution in [0.25, 0.3) is 0 Å². The molecule has 0 atom stereocenters. The predicted molar refractivity (Wildman–Crippen MR) is 111 cm³/mol. The molecule has 1 fully saturated rings.